The van der Waals surface area contributed by atoms with Crippen LogP contribution in [0.3, 0.4) is 0 Å². The molecule has 1 atom stereocenters. The second-order valence-electron chi connectivity index (χ2n) is 7.25. The number of likely N-dealkylation sites (N-methyl/N-ethyl adjacent to an activating group) is 1. The Bertz CT molecular complexity index is 1010. The smallest absolute Gasteiger partial charge is 0.258 e. The third-order valence-electron chi connectivity index (χ3n) is 5.34. The number of nitrogens with zero attached hydrogens (tertiary/aromatic N) is 1. The topological polar surface area (TPSA) is 48.1 Å². The minimum Gasteiger partial charge on any atom is -0.358 e. The summed E-state index contributed by atoms with van der Waals surface area (Å²) in [5, 5.41) is 4.78. The van der Waals surface area contributed by atoms with Crippen molar-refractivity contribution in [2.24, 2.45) is 0 Å². The van der Waals surface area contributed by atoms with E-state index in [4.69, 9.17) is 23.2 Å². The summed E-state index contributed by atoms with van der Waals surface area (Å²) in [7, 11) is 4.26. The lowest BCUT2D eigenvalue weighted by Crippen LogP contribution is -2.33. The van der Waals surface area contributed by atoms with Gasteiger partial charge in [0.1, 0.15) is 0 Å². The fourth-order valence-electron chi connectivity index (χ4n) is 3.83. The summed E-state index contributed by atoms with van der Waals surface area (Å²) in [5.74, 6) is -0.305. The van der Waals surface area contributed by atoms with Gasteiger partial charge in [-0.2, -0.15) is 0 Å². The molecule has 1 aromatic heterocycles. The summed E-state index contributed by atoms with van der Waals surface area (Å²) in [6, 6.07) is 11.5. The fourth-order valence-corrected chi connectivity index (χ4v) is 4.39. The van der Waals surface area contributed by atoms with Crippen LogP contribution in [0.2, 0.25) is 10.0 Å². The number of amides is 1. The van der Waals surface area contributed by atoms with Crippen LogP contribution in [0.1, 0.15) is 28.0 Å². The molecule has 0 spiro atoms. The van der Waals surface area contributed by atoms with Crippen LogP contribution in [0, 0.1) is 0 Å². The third kappa shape index (κ3) is 3.45. The number of fused-ring (bicyclic) bond motifs is 3. The summed E-state index contributed by atoms with van der Waals surface area (Å²) in [6.07, 6.45) is 3.21. The molecule has 1 amide bonds. The number of aryl methyl sites for hydroxylation is 1. The van der Waals surface area contributed by atoms with Crippen molar-refractivity contribution in [1.29, 1.82) is 0 Å². The van der Waals surface area contributed by atoms with Gasteiger partial charge in [-0.15, -0.1) is 0 Å². The first-order chi connectivity index (χ1) is 12.9. The van der Waals surface area contributed by atoms with Crippen molar-refractivity contribution in [3.8, 4) is 0 Å². The number of hydrogen-bond acceptors (Lipinski definition) is 2. The molecule has 0 aliphatic heterocycles. The number of rotatable bonds is 3. The van der Waals surface area contributed by atoms with Gasteiger partial charge in [-0.3, -0.25) is 4.79 Å². The average molecular weight is 402 g/mol. The van der Waals surface area contributed by atoms with Crippen molar-refractivity contribution < 1.29 is 4.79 Å². The highest BCUT2D eigenvalue weighted by atomic mass is 35.5. The van der Waals surface area contributed by atoms with Crippen LogP contribution in [0.25, 0.3) is 10.9 Å². The number of carbonyl (C=O) groups is 1. The SMILES string of the molecule is CN(C)C1CCc2[nH]c3ccc(NC(=O)c4c(Cl)cccc4Cl)cc3c2C1. The predicted octanol–water partition coefficient (Wildman–Crippen LogP) is 5.15. The number of nitrogens with one attached hydrogen (secondary N) is 2. The summed E-state index contributed by atoms with van der Waals surface area (Å²) < 4.78 is 0. The number of halogens is 2. The molecule has 140 valence electrons. The normalized spacial score (nSPS) is 16.6. The van der Waals surface area contributed by atoms with Gasteiger partial charge in [-0.05, 0) is 69.3 Å². The molecule has 3 aromatic rings. The lowest BCUT2D eigenvalue weighted by Gasteiger charge is -2.28. The second-order valence-corrected chi connectivity index (χ2v) is 8.07. The number of aromatic amines is 1. The Morgan fingerprint density at radius 1 is 1.19 bits per heavy atom. The molecule has 0 saturated carbocycles. The molecule has 1 aliphatic rings. The van der Waals surface area contributed by atoms with Crippen molar-refractivity contribution in [2.75, 3.05) is 19.4 Å². The molecule has 2 N–H and O–H groups in total. The summed E-state index contributed by atoms with van der Waals surface area (Å²) in [6.45, 7) is 0. The molecule has 0 saturated heterocycles. The van der Waals surface area contributed by atoms with Gasteiger partial charge in [0.25, 0.3) is 5.91 Å². The number of anilines is 1. The first-order valence-electron chi connectivity index (χ1n) is 8.99. The number of hydrogen-bond donors (Lipinski definition) is 2. The second kappa shape index (κ2) is 7.19. The van der Waals surface area contributed by atoms with Crippen molar-refractivity contribution in [3.63, 3.8) is 0 Å². The van der Waals surface area contributed by atoms with Crippen molar-refractivity contribution >= 4 is 45.7 Å². The summed E-state index contributed by atoms with van der Waals surface area (Å²) in [5.41, 5.74) is 4.79. The molecule has 1 heterocycles. The maximum absolute atomic E-state index is 12.7. The quantitative estimate of drug-likeness (QED) is 0.637. The average Bonchev–Trinajstić information content (AvgIpc) is 2.98. The predicted molar refractivity (Wildman–Crippen MR) is 112 cm³/mol. The Balaban J connectivity index is 1.66. The van der Waals surface area contributed by atoms with Gasteiger partial charge < -0.3 is 15.2 Å². The standard InChI is InChI=1S/C21H21Cl2N3O/c1-26(2)13-7-9-19-15(11-13)14-10-12(6-8-18(14)25-19)24-21(27)20-16(22)4-3-5-17(20)23/h3-6,8,10,13,25H,7,9,11H2,1-2H3,(H,24,27). The molecule has 0 radical (unpaired) electrons. The zero-order valence-corrected chi connectivity index (χ0v) is 16.8. The highest BCUT2D eigenvalue weighted by Crippen LogP contribution is 2.32. The first kappa shape index (κ1) is 18.4. The van der Waals surface area contributed by atoms with E-state index in [9.17, 15) is 4.79 Å². The van der Waals surface area contributed by atoms with E-state index < -0.39 is 0 Å². The van der Waals surface area contributed by atoms with E-state index in [1.54, 1.807) is 18.2 Å². The van der Waals surface area contributed by atoms with E-state index in [0.717, 1.165) is 30.5 Å². The molecular weight excluding hydrogens is 381 g/mol. The Labute approximate surface area is 168 Å². The third-order valence-corrected chi connectivity index (χ3v) is 5.97. The fraction of sp³-hybridized carbons (Fsp3) is 0.286. The van der Waals surface area contributed by atoms with Gasteiger partial charge in [0, 0.05) is 28.3 Å². The van der Waals surface area contributed by atoms with E-state index >= 15 is 0 Å². The number of H-pyrrole nitrogens is 1. The molecule has 2 aromatic carbocycles. The minimum atomic E-state index is -0.305. The molecule has 1 unspecified atom stereocenters. The Hall–Kier alpha value is -2.01. The van der Waals surface area contributed by atoms with Gasteiger partial charge in [-0.1, -0.05) is 29.3 Å². The zero-order chi connectivity index (χ0) is 19.1. The number of aromatic nitrogens is 1. The van der Waals surface area contributed by atoms with Gasteiger partial charge >= 0.3 is 0 Å². The van der Waals surface area contributed by atoms with Crippen LogP contribution < -0.4 is 5.32 Å². The van der Waals surface area contributed by atoms with Crippen molar-refractivity contribution in [1.82, 2.24) is 9.88 Å². The van der Waals surface area contributed by atoms with Crippen molar-refractivity contribution in [2.45, 2.75) is 25.3 Å². The molecule has 0 bridgehead atoms. The van der Waals surface area contributed by atoms with E-state index in [1.165, 1.54) is 16.6 Å². The van der Waals surface area contributed by atoms with Crippen molar-refractivity contribution in [3.05, 3.63) is 63.3 Å². The largest absolute Gasteiger partial charge is 0.358 e. The van der Waals surface area contributed by atoms with Crippen LogP contribution in [-0.2, 0) is 12.8 Å². The minimum absolute atomic E-state index is 0.296. The number of carbonyl (C=O) groups excluding carboxylic acids is 1. The molecular formula is C21H21Cl2N3O. The van der Waals surface area contributed by atoms with Gasteiger partial charge in [0.15, 0.2) is 0 Å². The maximum Gasteiger partial charge on any atom is 0.258 e. The van der Waals surface area contributed by atoms with E-state index in [0.29, 0.717) is 21.7 Å². The molecule has 1 aliphatic carbocycles. The van der Waals surface area contributed by atoms with Gasteiger partial charge in [-0.25, -0.2) is 0 Å². The highest BCUT2D eigenvalue weighted by molar-refractivity contribution is 6.40. The Kier molecular flexibility index (Phi) is 4.89. The summed E-state index contributed by atoms with van der Waals surface area (Å²) in [4.78, 5) is 18.5. The van der Waals surface area contributed by atoms with Crippen LogP contribution in [-0.4, -0.2) is 35.9 Å². The molecule has 4 nitrogen and oxygen atoms in total. The molecule has 27 heavy (non-hydrogen) atoms. The van der Waals surface area contributed by atoms with E-state index in [1.807, 2.05) is 18.2 Å². The maximum atomic E-state index is 12.7. The Morgan fingerprint density at radius 3 is 2.63 bits per heavy atom. The summed E-state index contributed by atoms with van der Waals surface area (Å²) >= 11 is 12.3. The van der Waals surface area contributed by atoms with E-state index in [-0.39, 0.29) is 5.91 Å². The zero-order valence-electron chi connectivity index (χ0n) is 15.3. The Morgan fingerprint density at radius 2 is 1.93 bits per heavy atom. The van der Waals surface area contributed by atoms with Crippen LogP contribution >= 0.6 is 23.2 Å². The lowest BCUT2D eigenvalue weighted by molar-refractivity contribution is 0.102. The van der Waals surface area contributed by atoms with Crippen LogP contribution in [0.15, 0.2) is 36.4 Å². The number of benzene rings is 2. The monoisotopic (exact) mass is 401 g/mol. The highest BCUT2D eigenvalue weighted by Gasteiger charge is 2.24. The molecule has 6 heteroatoms. The van der Waals surface area contributed by atoms with Gasteiger partial charge in [0.2, 0.25) is 0 Å². The van der Waals surface area contributed by atoms with Crippen LogP contribution in [0.5, 0.6) is 0 Å². The van der Waals surface area contributed by atoms with Crippen LogP contribution in [0.4, 0.5) is 5.69 Å². The molecule has 0 fully saturated rings. The van der Waals surface area contributed by atoms with Gasteiger partial charge in [0.05, 0.1) is 15.6 Å². The van der Waals surface area contributed by atoms with E-state index in [2.05, 4.69) is 29.3 Å². The lowest BCUT2D eigenvalue weighted by atomic mass is 9.91. The molecule has 4 rings (SSSR count). The first-order valence-corrected chi connectivity index (χ1v) is 9.75.